The van der Waals surface area contributed by atoms with E-state index in [1.807, 2.05) is 38.1 Å². The molecule has 2 aromatic rings. The van der Waals surface area contributed by atoms with E-state index in [0.717, 1.165) is 11.4 Å². The Bertz CT molecular complexity index is 667. The summed E-state index contributed by atoms with van der Waals surface area (Å²) in [5, 5.41) is 4.42. The quantitative estimate of drug-likeness (QED) is 0.565. The molecule has 0 fully saturated rings. The number of hydrogen-bond acceptors (Lipinski definition) is 4. The van der Waals surface area contributed by atoms with Crippen LogP contribution in [0.4, 0.5) is 5.69 Å². The minimum Gasteiger partial charge on any atom is -0.491 e. The molecule has 136 valence electrons. The zero-order chi connectivity index (χ0) is 18.1. The molecular formula is C19H23Cl2NO3. The minimum atomic E-state index is -0.0683. The number of ether oxygens (including phenoxy) is 3. The largest absolute Gasteiger partial charge is 0.491 e. The van der Waals surface area contributed by atoms with Gasteiger partial charge < -0.3 is 19.5 Å². The molecule has 1 atom stereocenters. The van der Waals surface area contributed by atoms with Gasteiger partial charge in [0.2, 0.25) is 0 Å². The maximum atomic E-state index is 6.13. The second-order valence-corrected chi connectivity index (χ2v) is 6.30. The van der Waals surface area contributed by atoms with Crippen molar-refractivity contribution in [1.82, 2.24) is 0 Å². The molecule has 6 heteroatoms. The highest BCUT2D eigenvalue weighted by Crippen LogP contribution is 2.28. The molecule has 1 unspecified atom stereocenters. The molecule has 0 aliphatic carbocycles. The molecule has 0 amide bonds. The van der Waals surface area contributed by atoms with Gasteiger partial charge in [-0.2, -0.15) is 0 Å². The summed E-state index contributed by atoms with van der Waals surface area (Å²) in [5.74, 6) is 1.42. The van der Waals surface area contributed by atoms with E-state index in [1.54, 1.807) is 18.2 Å². The lowest BCUT2D eigenvalue weighted by Gasteiger charge is -2.17. The van der Waals surface area contributed by atoms with Gasteiger partial charge in [0.05, 0.1) is 18.2 Å². The number of benzene rings is 2. The highest BCUT2D eigenvalue weighted by atomic mass is 35.5. The highest BCUT2D eigenvalue weighted by molar-refractivity contribution is 6.35. The van der Waals surface area contributed by atoms with Crippen LogP contribution < -0.4 is 14.8 Å². The molecule has 0 aromatic heterocycles. The first-order chi connectivity index (χ1) is 12.1. The first kappa shape index (κ1) is 19.7. The Labute approximate surface area is 159 Å². The van der Waals surface area contributed by atoms with E-state index in [9.17, 15) is 0 Å². The molecule has 0 saturated heterocycles. The smallest absolute Gasteiger partial charge is 0.138 e. The van der Waals surface area contributed by atoms with Crippen molar-refractivity contribution in [2.75, 3.05) is 31.7 Å². The molecule has 25 heavy (non-hydrogen) atoms. The second-order valence-electron chi connectivity index (χ2n) is 5.46. The molecule has 1 N–H and O–H groups in total. The minimum absolute atomic E-state index is 0.0683. The topological polar surface area (TPSA) is 39.7 Å². The first-order valence-corrected chi connectivity index (χ1v) is 9.00. The van der Waals surface area contributed by atoms with Crippen molar-refractivity contribution in [1.29, 1.82) is 0 Å². The fraction of sp³-hybridized carbons (Fsp3) is 0.368. The molecule has 0 heterocycles. The maximum Gasteiger partial charge on any atom is 0.138 e. The van der Waals surface area contributed by atoms with Crippen LogP contribution in [0.2, 0.25) is 10.0 Å². The molecule has 2 rings (SSSR count). The van der Waals surface area contributed by atoms with Crippen LogP contribution in [-0.2, 0) is 4.74 Å². The lowest BCUT2D eigenvalue weighted by atomic mass is 10.3. The molecule has 0 aliphatic rings. The van der Waals surface area contributed by atoms with Crippen molar-refractivity contribution in [2.45, 2.75) is 20.0 Å². The van der Waals surface area contributed by atoms with Gasteiger partial charge in [-0.15, -0.1) is 0 Å². The van der Waals surface area contributed by atoms with Gasteiger partial charge in [-0.1, -0.05) is 29.3 Å². The van der Waals surface area contributed by atoms with Crippen molar-refractivity contribution in [3.63, 3.8) is 0 Å². The summed E-state index contributed by atoms with van der Waals surface area (Å²) in [7, 11) is 0. The van der Waals surface area contributed by atoms with Crippen molar-refractivity contribution >= 4 is 28.9 Å². The Morgan fingerprint density at radius 2 is 1.92 bits per heavy atom. The second kappa shape index (κ2) is 10.4. The summed E-state index contributed by atoms with van der Waals surface area (Å²) in [5.41, 5.74) is 0.964. The zero-order valence-corrected chi connectivity index (χ0v) is 15.9. The molecular weight excluding hydrogens is 361 g/mol. The van der Waals surface area contributed by atoms with Gasteiger partial charge >= 0.3 is 0 Å². The summed E-state index contributed by atoms with van der Waals surface area (Å²) in [4.78, 5) is 0. The van der Waals surface area contributed by atoms with E-state index in [2.05, 4.69) is 5.32 Å². The normalized spacial score (nSPS) is 11.8. The van der Waals surface area contributed by atoms with Gasteiger partial charge in [-0.25, -0.2) is 0 Å². The fourth-order valence-electron chi connectivity index (χ4n) is 2.15. The maximum absolute atomic E-state index is 6.13. The summed E-state index contributed by atoms with van der Waals surface area (Å²) >= 11 is 12.0. The third-order valence-electron chi connectivity index (χ3n) is 3.35. The Kier molecular flexibility index (Phi) is 8.19. The number of anilines is 1. The average molecular weight is 384 g/mol. The monoisotopic (exact) mass is 383 g/mol. The Balaban J connectivity index is 1.81. The fourth-order valence-corrected chi connectivity index (χ4v) is 2.60. The molecule has 4 nitrogen and oxygen atoms in total. The van der Waals surface area contributed by atoms with Gasteiger partial charge in [-0.05, 0) is 44.2 Å². The van der Waals surface area contributed by atoms with Gasteiger partial charge in [0.15, 0.2) is 0 Å². The summed E-state index contributed by atoms with van der Waals surface area (Å²) in [6, 6.07) is 13.0. The summed E-state index contributed by atoms with van der Waals surface area (Å²) in [6.07, 6.45) is -0.0683. The van der Waals surface area contributed by atoms with Crippen LogP contribution in [0.5, 0.6) is 11.5 Å². The van der Waals surface area contributed by atoms with Crippen LogP contribution in [0.3, 0.4) is 0 Å². The van der Waals surface area contributed by atoms with Gasteiger partial charge in [0.1, 0.15) is 24.2 Å². The predicted molar refractivity (Wildman–Crippen MR) is 103 cm³/mol. The van der Waals surface area contributed by atoms with E-state index in [0.29, 0.717) is 42.2 Å². The van der Waals surface area contributed by atoms with Crippen molar-refractivity contribution in [3.05, 3.63) is 52.5 Å². The number of rotatable bonds is 10. The third kappa shape index (κ3) is 7.02. The predicted octanol–water partition coefficient (Wildman–Crippen LogP) is 5.29. The van der Waals surface area contributed by atoms with E-state index >= 15 is 0 Å². The standard InChI is InChI=1S/C19H23Cl2NO3/c1-3-23-9-10-24-17-6-4-5-16(12-17)22-13-14(2)25-19-8-7-15(20)11-18(19)21/h4-8,11-12,14,22H,3,9-10,13H2,1-2H3. The zero-order valence-electron chi connectivity index (χ0n) is 14.4. The van der Waals surface area contributed by atoms with Crippen molar-refractivity contribution in [2.24, 2.45) is 0 Å². The molecule has 0 radical (unpaired) electrons. The van der Waals surface area contributed by atoms with E-state index in [4.69, 9.17) is 37.4 Å². The molecule has 0 saturated carbocycles. The van der Waals surface area contributed by atoms with Crippen LogP contribution in [0.1, 0.15) is 13.8 Å². The molecule has 0 bridgehead atoms. The molecule has 0 aliphatic heterocycles. The highest BCUT2D eigenvalue weighted by Gasteiger charge is 2.08. The van der Waals surface area contributed by atoms with Crippen molar-refractivity contribution in [3.8, 4) is 11.5 Å². The Morgan fingerprint density at radius 1 is 1.08 bits per heavy atom. The van der Waals surface area contributed by atoms with E-state index < -0.39 is 0 Å². The van der Waals surface area contributed by atoms with Gasteiger partial charge in [-0.3, -0.25) is 0 Å². The number of halogens is 2. The Hall–Kier alpha value is -1.62. The van der Waals surface area contributed by atoms with Crippen LogP contribution in [0.15, 0.2) is 42.5 Å². The lowest BCUT2D eigenvalue weighted by Crippen LogP contribution is -2.22. The third-order valence-corrected chi connectivity index (χ3v) is 3.88. The first-order valence-electron chi connectivity index (χ1n) is 8.24. The van der Waals surface area contributed by atoms with Crippen LogP contribution >= 0.6 is 23.2 Å². The van der Waals surface area contributed by atoms with Gasteiger partial charge in [0, 0.05) is 23.4 Å². The summed E-state index contributed by atoms with van der Waals surface area (Å²) < 4.78 is 16.8. The number of hydrogen-bond donors (Lipinski definition) is 1. The van der Waals surface area contributed by atoms with E-state index in [-0.39, 0.29) is 6.10 Å². The SMILES string of the molecule is CCOCCOc1cccc(NCC(C)Oc2ccc(Cl)cc2Cl)c1. The summed E-state index contributed by atoms with van der Waals surface area (Å²) in [6.45, 7) is 6.37. The van der Waals surface area contributed by atoms with Crippen LogP contribution in [0.25, 0.3) is 0 Å². The average Bonchev–Trinajstić information content (AvgIpc) is 2.60. The van der Waals surface area contributed by atoms with Gasteiger partial charge in [0.25, 0.3) is 0 Å². The van der Waals surface area contributed by atoms with Crippen LogP contribution in [-0.4, -0.2) is 32.5 Å². The number of nitrogens with one attached hydrogen (secondary N) is 1. The molecule has 0 spiro atoms. The Morgan fingerprint density at radius 3 is 2.68 bits per heavy atom. The molecule has 2 aromatic carbocycles. The lowest BCUT2D eigenvalue weighted by molar-refractivity contribution is 0.110. The van der Waals surface area contributed by atoms with Crippen molar-refractivity contribution < 1.29 is 14.2 Å². The van der Waals surface area contributed by atoms with Crippen LogP contribution in [0, 0.1) is 0 Å². The van der Waals surface area contributed by atoms with E-state index in [1.165, 1.54) is 0 Å².